The predicted molar refractivity (Wildman–Crippen MR) is 68.7 cm³/mol. The molecule has 102 valence electrons. The molecular formula is C11H7ClN4O4. The third kappa shape index (κ3) is 2.98. The van der Waals surface area contributed by atoms with Crippen LogP contribution in [0.15, 0.2) is 30.6 Å². The van der Waals surface area contributed by atoms with Crippen molar-refractivity contribution in [3.05, 3.63) is 51.4 Å². The predicted octanol–water partition coefficient (Wildman–Crippen LogP) is 1.93. The molecule has 0 radical (unpaired) electrons. The minimum Gasteiger partial charge on any atom is -0.437 e. The third-order valence-corrected chi connectivity index (χ3v) is 2.45. The number of aromatic nitrogens is 2. The third-order valence-electron chi connectivity index (χ3n) is 2.23. The fourth-order valence-electron chi connectivity index (χ4n) is 1.33. The molecular weight excluding hydrogens is 288 g/mol. The number of carbonyl (C=O) groups is 1. The van der Waals surface area contributed by atoms with Crippen LogP contribution in [0.3, 0.4) is 0 Å². The lowest BCUT2D eigenvalue weighted by atomic mass is 10.2. The van der Waals surface area contributed by atoms with Crippen molar-refractivity contribution in [2.75, 3.05) is 0 Å². The van der Waals surface area contributed by atoms with E-state index in [4.69, 9.17) is 22.1 Å². The molecule has 9 heteroatoms. The summed E-state index contributed by atoms with van der Waals surface area (Å²) < 4.78 is 5.30. The first-order chi connectivity index (χ1) is 9.47. The molecule has 0 atom stereocenters. The summed E-state index contributed by atoms with van der Waals surface area (Å²) in [6.07, 6.45) is 2.28. The molecule has 2 rings (SSSR count). The minimum absolute atomic E-state index is 0.146. The Morgan fingerprint density at radius 1 is 1.35 bits per heavy atom. The summed E-state index contributed by atoms with van der Waals surface area (Å²) in [4.78, 5) is 28.7. The fourth-order valence-corrected chi connectivity index (χ4v) is 1.44. The summed E-state index contributed by atoms with van der Waals surface area (Å²) >= 11 is 5.62. The molecule has 2 aromatic heterocycles. The molecule has 0 fully saturated rings. The average molecular weight is 295 g/mol. The minimum atomic E-state index is -0.891. The van der Waals surface area contributed by atoms with E-state index < -0.39 is 10.8 Å². The number of nitrogens with zero attached hydrogens (tertiary/aromatic N) is 3. The number of carbonyl (C=O) groups excluding carboxylic acids is 1. The summed E-state index contributed by atoms with van der Waals surface area (Å²) in [6, 6.07) is 3.98. The summed E-state index contributed by atoms with van der Waals surface area (Å²) in [5, 5.41) is 10.9. The number of hydrogen-bond acceptors (Lipinski definition) is 6. The highest BCUT2D eigenvalue weighted by atomic mass is 35.5. The maximum Gasteiger partial charge on any atom is 0.288 e. The SMILES string of the molecule is NC(=O)c1cc([N+](=O)[O-])cnc1Oc1ccc(Cl)nc1. The Morgan fingerprint density at radius 2 is 2.10 bits per heavy atom. The first kappa shape index (κ1) is 13.7. The van der Waals surface area contributed by atoms with E-state index in [1.165, 1.54) is 18.3 Å². The average Bonchev–Trinajstić information content (AvgIpc) is 2.41. The van der Waals surface area contributed by atoms with Crippen LogP contribution in [0.5, 0.6) is 11.6 Å². The van der Waals surface area contributed by atoms with Gasteiger partial charge in [0.15, 0.2) is 0 Å². The van der Waals surface area contributed by atoms with Crippen LogP contribution in [-0.4, -0.2) is 20.8 Å². The van der Waals surface area contributed by atoms with Crippen LogP contribution < -0.4 is 10.5 Å². The van der Waals surface area contributed by atoms with E-state index in [1.807, 2.05) is 0 Å². The van der Waals surface area contributed by atoms with Crippen LogP contribution in [0.2, 0.25) is 5.15 Å². The van der Waals surface area contributed by atoms with E-state index in [-0.39, 0.29) is 28.0 Å². The van der Waals surface area contributed by atoms with Gasteiger partial charge in [-0.25, -0.2) is 9.97 Å². The van der Waals surface area contributed by atoms with Crippen molar-refractivity contribution in [2.45, 2.75) is 0 Å². The number of ether oxygens (including phenoxy) is 1. The second-order valence-electron chi connectivity index (χ2n) is 3.59. The van der Waals surface area contributed by atoms with Crippen molar-refractivity contribution in [2.24, 2.45) is 5.73 Å². The van der Waals surface area contributed by atoms with Gasteiger partial charge in [-0.3, -0.25) is 14.9 Å². The molecule has 2 aromatic rings. The number of amides is 1. The quantitative estimate of drug-likeness (QED) is 0.522. The van der Waals surface area contributed by atoms with E-state index in [2.05, 4.69) is 9.97 Å². The maximum atomic E-state index is 11.3. The van der Waals surface area contributed by atoms with Crippen LogP contribution in [0.4, 0.5) is 5.69 Å². The molecule has 8 nitrogen and oxygen atoms in total. The number of primary amides is 1. The maximum absolute atomic E-state index is 11.3. The normalized spacial score (nSPS) is 10.1. The van der Waals surface area contributed by atoms with Gasteiger partial charge in [0.05, 0.1) is 11.1 Å². The Hall–Kier alpha value is -2.74. The number of nitro groups is 1. The van der Waals surface area contributed by atoms with Gasteiger partial charge < -0.3 is 10.5 Å². The van der Waals surface area contributed by atoms with E-state index in [1.54, 1.807) is 0 Å². The summed E-state index contributed by atoms with van der Waals surface area (Å²) in [7, 11) is 0. The molecule has 2 N–H and O–H groups in total. The zero-order valence-electron chi connectivity index (χ0n) is 9.82. The van der Waals surface area contributed by atoms with Crippen LogP contribution in [0, 0.1) is 10.1 Å². The fraction of sp³-hybridized carbons (Fsp3) is 0. The Bertz CT molecular complexity index is 675. The molecule has 0 aromatic carbocycles. The molecule has 2 heterocycles. The molecule has 0 spiro atoms. The van der Waals surface area contributed by atoms with Gasteiger partial charge in [0, 0.05) is 6.07 Å². The van der Waals surface area contributed by atoms with Crippen molar-refractivity contribution < 1.29 is 14.5 Å². The highest BCUT2D eigenvalue weighted by molar-refractivity contribution is 6.29. The Kier molecular flexibility index (Phi) is 3.76. The lowest BCUT2D eigenvalue weighted by molar-refractivity contribution is -0.385. The Balaban J connectivity index is 2.38. The molecule has 0 aliphatic heterocycles. The Labute approximate surface area is 117 Å². The van der Waals surface area contributed by atoms with Crippen LogP contribution in [0.25, 0.3) is 0 Å². The summed E-state index contributed by atoms with van der Waals surface area (Å²) in [6.45, 7) is 0. The molecule has 0 aliphatic carbocycles. The lowest BCUT2D eigenvalue weighted by Crippen LogP contribution is -2.13. The highest BCUT2D eigenvalue weighted by Crippen LogP contribution is 2.25. The van der Waals surface area contributed by atoms with Gasteiger partial charge in [-0.2, -0.15) is 0 Å². The van der Waals surface area contributed by atoms with Crippen LogP contribution in [-0.2, 0) is 0 Å². The molecule has 1 amide bonds. The van der Waals surface area contributed by atoms with Crippen molar-refractivity contribution in [3.8, 4) is 11.6 Å². The molecule has 0 bridgehead atoms. The second-order valence-corrected chi connectivity index (χ2v) is 3.97. The number of nitrogens with two attached hydrogens (primary N) is 1. The molecule has 0 unspecified atom stereocenters. The van der Waals surface area contributed by atoms with Gasteiger partial charge in [0.2, 0.25) is 5.88 Å². The smallest absolute Gasteiger partial charge is 0.288 e. The van der Waals surface area contributed by atoms with Gasteiger partial charge in [-0.1, -0.05) is 11.6 Å². The zero-order chi connectivity index (χ0) is 14.7. The lowest BCUT2D eigenvalue weighted by Gasteiger charge is -2.07. The first-order valence-electron chi connectivity index (χ1n) is 5.21. The standard InChI is InChI=1S/C11H7ClN4O4/c12-9-2-1-7(5-14-9)20-11-8(10(13)17)3-6(4-15-11)16(18)19/h1-5H,(H2,13,17). The van der Waals surface area contributed by atoms with Gasteiger partial charge in [-0.05, 0) is 12.1 Å². The Morgan fingerprint density at radius 3 is 2.65 bits per heavy atom. The first-order valence-corrected chi connectivity index (χ1v) is 5.59. The summed E-state index contributed by atoms with van der Waals surface area (Å²) in [5.41, 5.74) is 4.58. The largest absolute Gasteiger partial charge is 0.437 e. The molecule has 0 aliphatic rings. The van der Waals surface area contributed by atoms with Gasteiger partial charge in [0.1, 0.15) is 22.7 Å². The highest BCUT2D eigenvalue weighted by Gasteiger charge is 2.18. The van der Waals surface area contributed by atoms with Gasteiger partial charge in [-0.15, -0.1) is 0 Å². The molecule has 0 saturated carbocycles. The van der Waals surface area contributed by atoms with Crippen LogP contribution in [0.1, 0.15) is 10.4 Å². The summed E-state index contributed by atoms with van der Waals surface area (Å²) in [5.74, 6) is -0.774. The van der Waals surface area contributed by atoms with Crippen molar-refractivity contribution in [3.63, 3.8) is 0 Å². The second kappa shape index (κ2) is 5.49. The number of hydrogen-bond donors (Lipinski definition) is 1. The monoisotopic (exact) mass is 294 g/mol. The molecule has 20 heavy (non-hydrogen) atoms. The topological polar surface area (TPSA) is 121 Å². The van der Waals surface area contributed by atoms with E-state index in [0.29, 0.717) is 0 Å². The van der Waals surface area contributed by atoms with Gasteiger partial charge >= 0.3 is 0 Å². The van der Waals surface area contributed by atoms with Gasteiger partial charge in [0.25, 0.3) is 11.6 Å². The van der Waals surface area contributed by atoms with Crippen molar-refractivity contribution in [1.82, 2.24) is 9.97 Å². The van der Waals surface area contributed by atoms with Crippen molar-refractivity contribution in [1.29, 1.82) is 0 Å². The number of halogens is 1. The van der Waals surface area contributed by atoms with E-state index >= 15 is 0 Å². The van der Waals surface area contributed by atoms with Crippen LogP contribution >= 0.6 is 11.6 Å². The molecule has 0 saturated heterocycles. The van der Waals surface area contributed by atoms with E-state index in [0.717, 1.165) is 12.3 Å². The zero-order valence-corrected chi connectivity index (χ0v) is 10.6. The van der Waals surface area contributed by atoms with E-state index in [9.17, 15) is 14.9 Å². The number of rotatable bonds is 4. The number of pyridine rings is 2. The van der Waals surface area contributed by atoms with Crippen molar-refractivity contribution >= 4 is 23.2 Å².